The summed E-state index contributed by atoms with van der Waals surface area (Å²) in [7, 11) is 3.44. The largest absolute Gasteiger partial charge is 0.490 e. The lowest BCUT2D eigenvalue weighted by atomic mass is 10.2. The molecule has 0 bridgehead atoms. The molecule has 0 radical (unpaired) electrons. The second kappa shape index (κ2) is 4.34. The Hall–Kier alpha value is -1.22. The van der Waals surface area contributed by atoms with E-state index in [1.54, 1.807) is 32.3 Å². The van der Waals surface area contributed by atoms with Crippen LogP contribution in [0, 0.1) is 0 Å². The number of carbonyl (C=O) groups excluding carboxylic acids is 1. The van der Waals surface area contributed by atoms with Crippen molar-refractivity contribution in [1.29, 1.82) is 0 Å². The Morgan fingerprint density at radius 3 is 2.69 bits per heavy atom. The van der Waals surface area contributed by atoms with Gasteiger partial charge in [-0.1, -0.05) is 11.6 Å². The molecule has 0 atom stereocenters. The van der Waals surface area contributed by atoms with Crippen LogP contribution in [0.3, 0.4) is 0 Å². The van der Waals surface area contributed by atoms with Crippen molar-refractivity contribution in [1.82, 2.24) is 4.90 Å². The maximum absolute atomic E-state index is 11.9. The van der Waals surface area contributed by atoms with Crippen LogP contribution in [-0.4, -0.2) is 31.0 Å². The SMILES string of the molecule is CN(C)C(=O)c1ccc(Cl)cc1OC1CC1. The monoisotopic (exact) mass is 239 g/mol. The zero-order valence-electron chi connectivity index (χ0n) is 9.37. The van der Waals surface area contributed by atoms with Crippen molar-refractivity contribution in [2.75, 3.05) is 14.1 Å². The smallest absolute Gasteiger partial charge is 0.257 e. The van der Waals surface area contributed by atoms with Gasteiger partial charge in [-0.05, 0) is 31.0 Å². The zero-order chi connectivity index (χ0) is 11.7. The summed E-state index contributed by atoms with van der Waals surface area (Å²) in [5.41, 5.74) is 0.571. The topological polar surface area (TPSA) is 29.5 Å². The van der Waals surface area contributed by atoms with E-state index in [0.717, 1.165) is 12.8 Å². The van der Waals surface area contributed by atoms with Gasteiger partial charge < -0.3 is 9.64 Å². The molecule has 1 amide bonds. The molecule has 3 nitrogen and oxygen atoms in total. The van der Waals surface area contributed by atoms with Gasteiger partial charge in [0.25, 0.3) is 5.91 Å². The molecule has 2 rings (SSSR count). The number of hydrogen-bond donors (Lipinski definition) is 0. The average Bonchev–Trinajstić information content (AvgIpc) is 3.01. The van der Waals surface area contributed by atoms with Gasteiger partial charge in [0.15, 0.2) is 0 Å². The first kappa shape index (κ1) is 11.3. The molecule has 1 fully saturated rings. The van der Waals surface area contributed by atoms with Crippen molar-refractivity contribution >= 4 is 17.5 Å². The number of benzene rings is 1. The Balaban J connectivity index is 2.30. The highest BCUT2D eigenvalue weighted by Gasteiger charge is 2.26. The van der Waals surface area contributed by atoms with Gasteiger partial charge in [-0.3, -0.25) is 4.79 Å². The van der Waals surface area contributed by atoms with E-state index in [1.165, 1.54) is 4.90 Å². The summed E-state index contributed by atoms with van der Waals surface area (Å²) < 4.78 is 5.68. The predicted octanol–water partition coefficient (Wildman–Crippen LogP) is 2.58. The highest BCUT2D eigenvalue weighted by atomic mass is 35.5. The van der Waals surface area contributed by atoms with Crippen molar-refractivity contribution in [2.24, 2.45) is 0 Å². The normalized spacial score (nSPS) is 14.7. The maximum atomic E-state index is 11.9. The van der Waals surface area contributed by atoms with Crippen LogP contribution < -0.4 is 4.74 Å². The molecule has 0 aliphatic heterocycles. The second-order valence-corrected chi connectivity index (χ2v) is 4.59. The van der Waals surface area contributed by atoms with Gasteiger partial charge in [-0.2, -0.15) is 0 Å². The standard InChI is InChI=1S/C12H14ClNO2/c1-14(2)12(15)10-6-3-8(13)7-11(10)16-9-4-5-9/h3,6-7,9H,4-5H2,1-2H3. The fourth-order valence-electron chi connectivity index (χ4n) is 1.38. The highest BCUT2D eigenvalue weighted by Crippen LogP contribution is 2.31. The lowest BCUT2D eigenvalue weighted by Crippen LogP contribution is -2.22. The minimum Gasteiger partial charge on any atom is -0.490 e. The van der Waals surface area contributed by atoms with E-state index in [2.05, 4.69) is 0 Å². The molecule has 16 heavy (non-hydrogen) atoms. The quantitative estimate of drug-likeness (QED) is 0.812. The third-order valence-electron chi connectivity index (χ3n) is 2.40. The van der Waals surface area contributed by atoms with Crippen molar-refractivity contribution < 1.29 is 9.53 Å². The first-order chi connectivity index (χ1) is 7.58. The van der Waals surface area contributed by atoms with Gasteiger partial charge in [0, 0.05) is 19.1 Å². The Bertz CT molecular complexity index is 413. The van der Waals surface area contributed by atoms with E-state index in [9.17, 15) is 4.79 Å². The zero-order valence-corrected chi connectivity index (χ0v) is 10.1. The molecular weight excluding hydrogens is 226 g/mol. The third kappa shape index (κ3) is 2.47. The summed E-state index contributed by atoms with van der Waals surface area (Å²) in [6, 6.07) is 5.12. The van der Waals surface area contributed by atoms with Crippen LogP contribution in [0.25, 0.3) is 0 Å². The van der Waals surface area contributed by atoms with Gasteiger partial charge in [0.05, 0.1) is 11.7 Å². The first-order valence-electron chi connectivity index (χ1n) is 5.26. The molecule has 0 saturated heterocycles. The minimum atomic E-state index is -0.0627. The van der Waals surface area contributed by atoms with Crippen molar-refractivity contribution in [3.63, 3.8) is 0 Å². The Morgan fingerprint density at radius 2 is 2.12 bits per heavy atom. The van der Waals surface area contributed by atoms with Crippen LogP contribution in [-0.2, 0) is 0 Å². The molecule has 1 aliphatic rings. The Morgan fingerprint density at radius 1 is 1.44 bits per heavy atom. The van der Waals surface area contributed by atoms with Crippen molar-refractivity contribution in [3.8, 4) is 5.75 Å². The van der Waals surface area contributed by atoms with Gasteiger partial charge >= 0.3 is 0 Å². The minimum absolute atomic E-state index is 0.0627. The van der Waals surface area contributed by atoms with Crippen LogP contribution in [0.1, 0.15) is 23.2 Å². The average molecular weight is 240 g/mol. The predicted molar refractivity (Wildman–Crippen MR) is 63.1 cm³/mol. The van der Waals surface area contributed by atoms with Crippen LogP contribution >= 0.6 is 11.6 Å². The number of halogens is 1. The van der Waals surface area contributed by atoms with Gasteiger partial charge in [0.1, 0.15) is 5.75 Å². The van der Waals surface area contributed by atoms with E-state index in [1.807, 2.05) is 0 Å². The molecule has 1 saturated carbocycles. The molecule has 86 valence electrons. The summed E-state index contributed by atoms with van der Waals surface area (Å²) in [5, 5.41) is 0.589. The second-order valence-electron chi connectivity index (χ2n) is 4.16. The molecule has 0 N–H and O–H groups in total. The lowest BCUT2D eigenvalue weighted by Gasteiger charge is -2.14. The molecule has 1 aromatic carbocycles. The van der Waals surface area contributed by atoms with E-state index in [-0.39, 0.29) is 12.0 Å². The third-order valence-corrected chi connectivity index (χ3v) is 2.63. The summed E-state index contributed by atoms with van der Waals surface area (Å²) in [6.07, 6.45) is 2.37. The number of hydrogen-bond acceptors (Lipinski definition) is 2. The number of ether oxygens (including phenoxy) is 1. The van der Waals surface area contributed by atoms with Crippen LogP contribution in [0.5, 0.6) is 5.75 Å². The number of amides is 1. The summed E-state index contributed by atoms with van der Waals surface area (Å²) >= 11 is 5.90. The van der Waals surface area contributed by atoms with Gasteiger partial charge in [-0.15, -0.1) is 0 Å². The summed E-state index contributed by atoms with van der Waals surface area (Å²) in [5.74, 6) is 0.529. The molecule has 0 aromatic heterocycles. The summed E-state index contributed by atoms with van der Waals surface area (Å²) in [6.45, 7) is 0. The maximum Gasteiger partial charge on any atom is 0.257 e. The molecule has 4 heteroatoms. The molecule has 1 aromatic rings. The van der Waals surface area contributed by atoms with Crippen LogP contribution in [0.15, 0.2) is 18.2 Å². The van der Waals surface area contributed by atoms with E-state index < -0.39 is 0 Å². The van der Waals surface area contributed by atoms with Gasteiger partial charge in [-0.25, -0.2) is 0 Å². The van der Waals surface area contributed by atoms with E-state index >= 15 is 0 Å². The molecular formula is C12H14ClNO2. The van der Waals surface area contributed by atoms with Crippen molar-refractivity contribution in [2.45, 2.75) is 18.9 Å². The van der Waals surface area contributed by atoms with E-state index in [4.69, 9.17) is 16.3 Å². The fourth-order valence-corrected chi connectivity index (χ4v) is 1.54. The Labute approximate surface area is 100.0 Å². The Kier molecular flexibility index (Phi) is 3.06. The number of carbonyl (C=O) groups is 1. The summed E-state index contributed by atoms with van der Waals surface area (Å²) in [4.78, 5) is 13.4. The number of rotatable bonds is 3. The van der Waals surface area contributed by atoms with Crippen LogP contribution in [0.4, 0.5) is 0 Å². The van der Waals surface area contributed by atoms with Gasteiger partial charge in [0.2, 0.25) is 0 Å². The van der Waals surface area contributed by atoms with Crippen molar-refractivity contribution in [3.05, 3.63) is 28.8 Å². The molecule has 0 heterocycles. The van der Waals surface area contributed by atoms with Crippen LogP contribution in [0.2, 0.25) is 5.02 Å². The first-order valence-corrected chi connectivity index (χ1v) is 5.63. The molecule has 1 aliphatic carbocycles. The highest BCUT2D eigenvalue weighted by molar-refractivity contribution is 6.30. The fraction of sp³-hybridized carbons (Fsp3) is 0.417. The lowest BCUT2D eigenvalue weighted by molar-refractivity contribution is 0.0823. The van der Waals surface area contributed by atoms with E-state index in [0.29, 0.717) is 16.3 Å². The molecule has 0 spiro atoms. The molecule has 0 unspecified atom stereocenters. The number of nitrogens with zero attached hydrogens (tertiary/aromatic N) is 1.